The molecule has 3 fully saturated rings. The smallest absolute Gasteiger partial charge is 0.338 e. The fourth-order valence-electron chi connectivity index (χ4n) is 6.08. The van der Waals surface area contributed by atoms with Crippen molar-refractivity contribution in [2.45, 2.75) is 46.1 Å². The number of hydrogen-bond acceptors (Lipinski definition) is 6. The maximum atomic E-state index is 12.8. The Bertz CT molecular complexity index is 862. The van der Waals surface area contributed by atoms with Crippen LogP contribution < -0.4 is 0 Å². The van der Waals surface area contributed by atoms with Crippen molar-refractivity contribution in [3.8, 4) is 0 Å². The maximum absolute atomic E-state index is 12.8. The average Bonchev–Trinajstić information content (AvgIpc) is 3.21. The molecule has 0 aliphatic heterocycles. The number of nitro benzene ring substituents is 1. The molecule has 7 heteroatoms. The van der Waals surface area contributed by atoms with Gasteiger partial charge < -0.3 is 9.47 Å². The van der Waals surface area contributed by atoms with Crippen LogP contribution in [0.1, 0.15) is 50.4 Å². The van der Waals surface area contributed by atoms with E-state index in [-0.39, 0.29) is 51.4 Å². The molecule has 3 aliphatic carbocycles. The Kier molecular flexibility index (Phi) is 3.90. The topological polar surface area (TPSA) is 95.7 Å². The summed E-state index contributed by atoms with van der Waals surface area (Å²) in [5.74, 6) is -1.11. The Balaban J connectivity index is 1.65. The molecule has 0 aromatic heterocycles. The van der Waals surface area contributed by atoms with Crippen LogP contribution in [0, 0.1) is 38.2 Å². The van der Waals surface area contributed by atoms with Gasteiger partial charge in [-0.25, -0.2) is 4.79 Å². The first-order valence-electron chi connectivity index (χ1n) is 9.61. The summed E-state index contributed by atoms with van der Waals surface area (Å²) >= 11 is 0. The van der Waals surface area contributed by atoms with E-state index in [1.165, 1.54) is 31.4 Å². The highest BCUT2D eigenvalue weighted by molar-refractivity contribution is 5.90. The van der Waals surface area contributed by atoms with Crippen molar-refractivity contribution < 1.29 is 24.0 Å². The van der Waals surface area contributed by atoms with Crippen LogP contribution in [-0.2, 0) is 14.3 Å². The number of non-ortho nitro benzene ring substituents is 1. The molecule has 0 amide bonds. The molecular formula is C21H25NO6. The SMILES string of the molecule is COC(=O)[C@H]1[C@@H]2C(OC(=O)c3ccc([N+](=O)[O-])cc3)[C@]3(CCC2(C)C)C[C@@]13C. The molecule has 4 rings (SSSR count). The van der Waals surface area contributed by atoms with E-state index in [4.69, 9.17) is 9.47 Å². The van der Waals surface area contributed by atoms with Gasteiger partial charge in [0, 0.05) is 23.5 Å². The van der Waals surface area contributed by atoms with E-state index in [0.717, 1.165) is 19.3 Å². The third kappa shape index (κ3) is 2.34. The third-order valence-corrected chi connectivity index (χ3v) is 7.73. The van der Waals surface area contributed by atoms with Crippen LogP contribution in [0.5, 0.6) is 0 Å². The van der Waals surface area contributed by atoms with Crippen LogP contribution in [0.15, 0.2) is 24.3 Å². The summed E-state index contributed by atoms with van der Waals surface area (Å²) in [4.78, 5) is 35.8. The number of methoxy groups -OCH3 is 1. The maximum Gasteiger partial charge on any atom is 0.338 e. The zero-order valence-electron chi connectivity index (χ0n) is 16.6. The number of rotatable bonds is 4. The number of carbonyl (C=O) groups excluding carboxylic acids is 2. The number of hydrogen-bond donors (Lipinski definition) is 0. The van der Waals surface area contributed by atoms with Crippen LogP contribution >= 0.6 is 0 Å². The number of benzene rings is 1. The standard InChI is InChI=1S/C21H25NO6/c1-19(2)9-10-21-11-20(21,3)15(18(24)27-4)14(19)16(21)28-17(23)12-5-7-13(8-6-12)22(25)26/h5-8,14-16H,9-11H2,1-4H3/t14-,15-,16?,20+,21+/m1/s1. The molecule has 150 valence electrons. The minimum atomic E-state index is -0.505. The van der Waals surface area contributed by atoms with Gasteiger partial charge in [-0.05, 0) is 42.2 Å². The first kappa shape index (κ1) is 18.9. The predicted molar refractivity (Wildman–Crippen MR) is 99.5 cm³/mol. The van der Waals surface area contributed by atoms with E-state index in [1.807, 2.05) is 0 Å². The van der Waals surface area contributed by atoms with Crippen molar-refractivity contribution in [3.05, 3.63) is 39.9 Å². The number of nitro groups is 1. The number of fused-ring (bicyclic) bond motifs is 1. The van der Waals surface area contributed by atoms with Crippen molar-refractivity contribution in [2.24, 2.45) is 28.1 Å². The summed E-state index contributed by atoms with van der Waals surface area (Å²) in [6.07, 6.45) is 2.39. The molecule has 0 N–H and O–H groups in total. The molecule has 28 heavy (non-hydrogen) atoms. The van der Waals surface area contributed by atoms with Crippen molar-refractivity contribution in [2.75, 3.05) is 7.11 Å². The minimum absolute atomic E-state index is 0.0745. The van der Waals surface area contributed by atoms with Crippen LogP contribution in [0.25, 0.3) is 0 Å². The largest absolute Gasteiger partial charge is 0.469 e. The fourth-order valence-corrected chi connectivity index (χ4v) is 6.08. The van der Waals surface area contributed by atoms with E-state index in [0.29, 0.717) is 0 Å². The Morgan fingerprint density at radius 2 is 1.79 bits per heavy atom. The van der Waals surface area contributed by atoms with Gasteiger partial charge in [0.05, 0.1) is 23.5 Å². The molecule has 0 saturated heterocycles. The summed E-state index contributed by atoms with van der Waals surface area (Å²) in [5.41, 5.74) is -0.334. The Morgan fingerprint density at radius 1 is 1.14 bits per heavy atom. The molecule has 5 atom stereocenters. The van der Waals surface area contributed by atoms with Gasteiger partial charge in [0.1, 0.15) is 6.10 Å². The number of esters is 2. The Hall–Kier alpha value is -2.44. The lowest BCUT2D eigenvalue weighted by molar-refractivity contribution is -0.384. The first-order chi connectivity index (χ1) is 13.1. The van der Waals surface area contributed by atoms with Crippen molar-refractivity contribution in [3.63, 3.8) is 0 Å². The minimum Gasteiger partial charge on any atom is -0.469 e. The second-order valence-corrected chi connectivity index (χ2v) is 9.40. The van der Waals surface area contributed by atoms with Gasteiger partial charge >= 0.3 is 11.9 Å². The molecule has 7 nitrogen and oxygen atoms in total. The van der Waals surface area contributed by atoms with Crippen molar-refractivity contribution >= 4 is 17.6 Å². The van der Waals surface area contributed by atoms with E-state index < -0.39 is 10.9 Å². The molecule has 3 saturated carbocycles. The van der Waals surface area contributed by atoms with Gasteiger partial charge in [-0.1, -0.05) is 20.8 Å². The summed E-state index contributed by atoms with van der Waals surface area (Å²) in [5, 5.41) is 10.8. The summed E-state index contributed by atoms with van der Waals surface area (Å²) < 4.78 is 11.1. The normalized spacial score (nSPS) is 36.9. The first-order valence-corrected chi connectivity index (χ1v) is 9.61. The molecule has 3 aliphatic rings. The number of ether oxygens (including phenoxy) is 2. The lowest BCUT2D eigenvalue weighted by Crippen LogP contribution is -2.47. The fraction of sp³-hybridized carbons (Fsp3) is 0.619. The molecule has 1 aromatic rings. The van der Waals surface area contributed by atoms with Crippen molar-refractivity contribution in [1.82, 2.24) is 0 Å². The van der Waals surface area contributed by atoms with Crippen LogP contribution in [0.2, 0.25) is 0 Å². The molecule has 2 bridgehead atoms. The zero-order chi connectivity index (χ0) is 20.5. The third-order valence-electron chi connectivity index (χ3n) is 7.73. The lowest BCUT2D eigenvalue weighted by atomic mass is 9.62. The van der Waals surface area contributed by atoms with Gasteiger partial charge in [-0.3, -0.25) is 14.9 Å². The quantitative estimate of drug-likeness (QED) is 0.443. The van der Waals surface area contributed by atoms with E-state index in [2.05, 4.69) is 20.8 Å². The molecular weight excluding hydrogens is 362 g/mol. The summed E-state index contributed by atoms with van der Waals surface area (Å²) in [7, 11) is 1.41. The lowest BCUT2D eigenvalue weighted by Gasteiger charge is -2.45. The zero-order valence-corrected chi connectivity index (χ0v) is 16.6. The highest BCUT2D eigenvalue weighted by Crippen LogP contribution is 2.84. The summed E-state index contributed by atoms with van der Waals surface area (Å²) in [6.45, 7) is 6.37. The number of carbonyl (C=O) groups is 2. The Labute approximate surface area is 163 Å². The second-order valence-electron chi connectivity index (χ2n) is 9.40. The average molecular weight is 387 g/mol. The van der Waals surface area contributed by atoms with E-state index in [9.17, 15) is 19.7 Å². The molecule has 1 spiro atoms. The summed E-state index contributed by atoms with van der Waals surface area (Å²) in [6, 6.07) is 5.43. The van der Waals surface area contributed by atoms with E-state index in [1.54, 1.807) is 0 Å². The van der Waals surface area contributed by atoms with Crippen molar-refractivity contribution in [1.29, 1.82) is 0 Å². The molecule has 1 unspecified atom stereocenters. The monoisotopic (exact) mass is 387 g/mol. The predicted octanol–water partition coefficient (Wildman–Crippen LogP) is 3.76. The molecule has 0 radical (unpaired) electrons. The van der Waals surface area contributed by atoms with Crippen LogP contribution in [0.4, 0.5) is 5.69 Å². The second kappa shape index (κ2) is 5.78. The molecule has 0 heterocycles. The Morgan fingerprint density at radius 3 is 2.36 bits per heavy atom. The van der Waals surface area contributed by atoms with Gasteiger partial charge in [0.25, 0.3) is 5.69 Å². The van der Waals surface area contributed by atoms with Crippen LogP contribution in [-0.4, -0.2) is 30.1 Å². The van der Waals surface area contributed by atoms with Gasteiger partial charge in [0.2, 0.25) is 0 Å². The van der Waals surface area contributed by atoms with E-state index >= 15 is 0 Å². The molecule has 1 aromatic carbocycles. The van der Waals surface area contributed by atoms with Crippen LogP contribution in [0.3, 0.4) is 0 Å². The highest BCUT2D eigenvalue weighted by atomic mass is 16.6. The highest BCUT2D eigenvalue weighted by Gasteiger charge is 2.84. The number of nitrogens with zero attached hydrogens (tertiary/aromatic N) is 1. The van der Waals surface area contributed by atoms with Gasteiger partial charge in [0.15, 0.2) is 0 Å². The van der Waals surface area contributed by atoms with Gasteiger partial charge in [-0.2, -0.15) is 0 Å². The van der Waals surface area contributed by atoms with Gasteiger partial charge in [-0.15, -0.1) is 0 Å².